The summed E-state index contributed by atoms with van der Waals surface area (Å²) in [5.74, 6) is 0.234. The van der Waals surface area contributed by atoms with Crippen molar-refractivity contribution in [1.82, 2.24) is 4.57 Å². The third-order valence-electron chi connectivity index (χ3n) is 5.39. The van der Waals surface area contributed by atoms with Crippen LogP contribution in [0.3, 0.4) is 0 Å². The second-order valence-electron chi connectivity index (χ2n) is 7.51. The Kier molecular flexibility index (Phi) is 6.54. The van der Waals surface area contributed by atoms with E-state index in [0.717, 1.165) is 11.2 Å². The monoisotopic (exact) mass is 498 g/mol. The second kappa shape index (κ2) is 9.40. The maximum absolute atomic E-state index is 12.9. The number of fused-ring (bicyclic) bond motifs is 1. The number of sulfonamides is 1. The molecular formula is C25H23ClN2O5S. The van der Waals surface area contributed by atoms with Gasteiger partial charge in [-0.25, -0.2) is 13.2 Å². The highest BCUT2D eigenvalue weighted by Gasteiger charge is 2.23. The van der Waals surface area contributed by atoms with E-state index in [-0.39, 0.29) is 11.5 Å². The van der Waals surface area contributed by atoms with Crippen molar-refractivity contribution in [3.63, 3.8) is 0 Å². The molecule has 1 aromatic heterocycles. The van der Waals surface area contributed by atoms with Gasteiger partial charge in [-0.3, -0.25) is 4.72 Å². The number of nitrogens with zero attached hydrogens (tertiary/aromatic N) is 1. The SMILES string of the molecule is CCOC(=O)c1c(C)n(-c2ccc(OC)cc2)c2ccc(NS(=O)(=O)c3ccc(Cl)cc3)cc12. The molecule has 1 heterocycles. The predicted molar refractivity (Wildman–Crippen MR) is 133 cm³/mol. The molecule has 7 nitrogen and oxygen atoms in total. The van der Waals surface area contributed by atoms with Crippen LogP contribution in [0.25, 0.3) is 16.6 Å². The van der Waals surface area contributed by atoms with Gasteiger partial charge >= 0.3 is 5.97 Å². The van der Waals surface area contributed by atoms with E-state index >= 15 is 0 Å². The Balaban J connectivity index is 1.84. The van der Waals surface area contributed by atoms with Crippen LogP contribution in [0.15, 0.2) is 71.6 Å². The summed E-state index contributed by atoms with van der Waals surface area (Å²) in [5, 5.41) is 1.01. The van der Waals surface area contributed by atoms with Gasteiger partial charge < -0.3 is 14.0 Å². The summed E-state index contributed by atoms with van der Waals surface area (Å²) < 4.78 is 40.8. The van der Waals surface area contributed by atoms with Crippen molar-refractivity contribution < 1.29 is 22.7 Å². The molecule has 0 bridgehead atoms. The summed E-state index contributed by atoms with van der Waals surface area (Å²) in [6, 6.07) is 18.4. The van der Waals surface area contributed by atoms with E-state index in [1.165, 1.54) is 24.3 Å². The third-order valence-corrected chi connectivity index (χ3v) is 7.04. The maximum atomic E-state index is 12.9. The number of esters is 1. The highest BCUT2D eigenvalue weighted by Crippen LogP contribution is 2.33. The Hall–Kier alpha value is -3.49. The molecule has 0 saturated carbocycles. The number of nitrogens with one attached hydrogen (secondary N) is 1. The summed E-state index contributed by atoms with van der Waals surface area (Å²) in [7, 11) is -2.26. The number of halogens is 1. The molecule has 0 unspecified atom stereocenters. The minimum atomic E-state index is -3.85. The normalized spacial score (nSPS) is 11.4. The summed E-state index contributed by atoms with van der Waals surface area (Å²) in [5.41, 5.74) is 2.94. The Morgan fingerprint density at radius 2 is 1.71 bits per heavy atom. The van der Waals surface area contributed by atoms with Crippen molar-refractivity contribution in [3.8, 4) is 11.4 Å². The van der Waals surface area contributed by atoms with E-state index in [9.17, 15) is 13.2 Å². The standard InChI is InChI=1S/C25H23ClN2O5S/c1-4-33-25(29)24-16(2)28(19-8-10-20(32-3)11-9-19)23-14-7-18(15-22(23)24)27-34(30,31)21-12-5-17(26)6-13-21/h5-15,27H,4H2,1-3H3. The first-order valence-electron chi connectivity index (χ1n) is 10.5. The van der Waals surface area contributed by atoms with Crippen LogP contribution in [-0.4, -0.2) is 32.7 Å². The van der Waals surface area contributed by atoms with E-state index in [0.29, 0.717) is 33.1 Å². The highest BCUT2D eigenvalue weighted by molar-refractivity contribution is 7.92. The fourth-order valence-electron chi connectivity index (χ4n) is 3.83. The lowest BCUT2D eigenvalue weighted by atomic mass is 10.1. The van der Waals surface area contributed by atoms with E-state index in [4.69, 9.17) is 21.1 Å². The highest BCUT2D eigenvalue weighted by atomic mass is 35.5. The zero-order valence-corrected chi connectivity index (χ0v) is 20.4. The first-order chi connectivity index (χ1) is 16.2. The van der Waals surface area contributed by atoms with Gasteiger partial charge in [0.2, 0.25) is 0 Å². The smallest absolute Gasteiger partial charge is 0.340 e. The van der Waals surface area contributed by atoms with Crippen LogP contribution in [0.5, 0.6) is 5.75 Å². The van der Waals surface area contributed by atoms with Crippen LogP contribution in [0.1, 0.15) is 23.0 Å². The maximum Gasteiger partial charge on any atom is 0.340 e. The first kappa shape index (κ1) is 23.7. The number of hydrogen-bond donors (Lipinski definition) is 1. The Bertz CT molecular complexity index is 1460. The molecule has 0 aliphatic heterocycles. The topological polar surface area (TPSA) is 86.6 Å². The molecule has 0 radical (unpaired) electrons. The minimum absolute atomic E-state index is 0.0783. The zero-order chi connectivity index (χ0) is 24.5. The molecule has 0 spiro atoms. The predicted octanol–water partition coefficient (Wildman–Crippen LogP) is 5.58. The number of hydrogen-bond acceptors (Lipinski definition) is 5. The number of methoxy groups -OCH3 is 1. The summed E-state index contributed by atoms with van der Waals surface area (Å²) in [6.45, 7) is 3.78. The van der Waals surface area contributed by atoms with Gasteiger partial charge in [-0.15, -0.1) is 0 Å². The van der Waals surface area contributed by atoms with Crippen LogP contribution in [0, 0.1) is 6.92 Å². The van der Waals surface area contributed by atoms with Gasteiger partial charge in [0.15, 0.2) is 0 Å². The lowest BCUT2D eigenvalue weighted by molar-refractivity contribution is 0.0527. The quantitative estimate of drug-likeness (QED) is 0.336. The summed E-state index contributed by atoms with van der Waals surface area (Å²) in [4.78, 5) is 12.9. The molecule has 9 heteroatoms. The van der Waals surface area contributed by atoms with Gasteiger partial charge in [0.25, 0.3) is 10.0 Å². The zero-order valence-electron chi connectivity index (χ0n) is 18.8. The van der Waals surface area contributed by atoms with Gasteiger partial charge in [0.1, 0.15) is 5.75 Å². The van der Waals surface area contributed by atoms with Crippen LogP contribution in [0.4, 0.5) is 5.69 Å². The molecule has 176 valence electrons. The van der Waals surface area contributed by atoms with Crippen LogP contribution < -0.4 is 9.46 Å². The van der Waals surface area contributed by atoms with E-state index in [1.807, 2.05) is 35.8 Å². The number of anilines is 1. The molecule has 0 saturated heterocycles. The van der Waals surface area contributed by atoms with Crippen LogP contribution in [0.2, 0.25) is 5.02 Å². The van der Waals surface area contributed by atoms with E-state index < -0.39 is 16.0 Å². The second-order valence-corrected chi connectivity index (χ2v) is 9.62. The lowest BCUT2D eigenvalue weighted by Crippen LogP contribution is -2.12. The molecule has 4 aromatic rings. The number of benzene rings is 3. The van der Waals surface area contributed by atoms with Gasteiger partial charge in [-0.05, 0) is 80.6 Å². The lowest BCUT2D eigenvalue weighted by Gasteiger charge is -2.11. The van der Waals surface area contributed by atoms with E-state index in [2.05, 4.69) is 4.72 Å². The molecule has 1 N–H and O–H groups in total. The van der Waals surface area contributed by atoms with Crippen molar-refractivity contribution in [1.29, 1.82) is 0 Å². The van der Waals surface area contributed by atoms with Crippen molar-refractivity contribution >= 4 is 44.2 Å². The van der Waals surface area contributed by atoms with Gasteiger partial charge in [-0.1, -0.05) is 11.6 Å². The van der Waals surface area contributed by atoms with Crippen molar-refractivity contribution in [2.75, 3.05) is 18.4 Å². The fourth-order valence-corrected chi connectivity index (χ4v) is 5.01. The summed E-state index contributed by atoms with van der Waals surface area (Å²) in [6.07, 6.45) is 0. The first-order valence-corrected chi connectivity index (χ1v) is 12.4. The average Bonchev–Trinajstić information content (AvgIpc) is 3.10. The molecule has 0 atom stereocenters. The van der Waals surface area contributed by atoms with Crippen LogP contribution in [-0.2, 0) is 14.8 Å². The largest absolute Gasteiger partial charge is 0.497 e. The number of carbonyl (C=O) groups excluding carboxylic acids is 1. The van der Waals surface area contributed by atoms with Crippen molar-refractivity contribution in [3.05, 3.63) is 83.0 Å². The van der Waals surface area contributed by atoms with Crippen molar-refractivity contribution in [2.45, 2.75) is 18.7 Å². The summed E-state index contributed by atoms with van der Waals surface area (Å²) >= 11 is 5.88. The number of aromatic nitrogens is 1. The molecule has 0 amide bonds. The van der Waals surface area contributed by atoms with E-state index in [1.54, 1.807) is 32.2 Å². The molecule has 34 heavy (non-hydrogen) atoms. The molecule has 4 rings (SSSR count). The minimum Gasteiger partial charge on any atom is -0.497 e. The number of ether oxygens (including phenoxy) is 2. The molecule has 0 aliphatic carbocycles. The van der Waals surface area contributed by atoms with Gasteiger partial charge in [0.05, 0.1) is 29.7 Å². The molecule has 3 aromatic carbocycles. The number of rotatable bonds is 7. The van der Waals surface area contributed by atoms with Crippen molar-refractivity contribution in [2.24, 2.45) is 0 Å². The van der Waals surface area contributed by atoms with Gasteiger partial charge in [-0.2, -0.15) is 0 Å². The molecule has 0 fully saturated rings. The third kappa shape index (κ3) is 4.47. The average molecular weight is 499 g/mol. The fraction of sp³-hybridized carbons (Fsp3) is 0.160. The number of carbonyl (C=O) groups is 1. The Morgan fingerprint density at radius 1 is 1.03 bits per heavy atom. The molecule has 0 aliphatic rings. The van der Waals surface area contributed by atoms with Gasteiger partial charge in [0, 0.05) is 27.5 Å². The molecular weight excluding hydrogens is 476 g/mol. The Morgan fingerprint density at radius 3 is 2.32 bits per heavy atom. The van der Waals surface area contributed by atoms with Crippen LogP contribution >= 0.6 is 11.6 Å². The Labute approximate surface area is 202 Å².